The fourth-order valence-electron chi connectivity index (χ4n) is 2.03. The molecule has 0 aliphatic rings. The van der Waals surface area contributed by atoms with Crippen molar-refractivity contribution in [1.29, 1.82) is 0 Å². The third-order valence-corrected chi connectivity index (χ3v) is 3.13. The lowest BCUT2D eigenvalue weighted by Gasteiger charge is -2.19. The number of hydrogen-bond donors (Lipinski definition) is 1. The summed E-state index contributed by atoms with van der Waals surface area (Å²) in [4.78, 5) is 3.79. The van der Waals surface area contributed by atoms with Gasteiger partial charge in [-0.3, -0.25) is 4.98 Å². The molecule has 0 fully saturated rings. The van der Waals surface area contributed by atoms with Crippen LogP contribution in [0.5, 0.6) is 0 Å². The van der Waals surface area contributed by atoms with Crippen LogP contribution in [0.3, 0.4) is 0 Å². The quantitative estimate of drug-likeness (QED) is 0.532. The summed E-state index contributed by atoms with van der Waals surface area (Å²) < 4.78 is 67.1. The van der Waals surface area contributed by atoms with E-state index in [2.05, 4.69) is 10.3 Å². The predicted octanol–water partition coefficient (Wildman–Crippen LogP) is 3.28. The molecule has 0 radical (unpaired) electrons. The molecule has 1 aromatic carbocycles. The van der Waals surface area contributed by atoms with Crippen LogP contribution in [0.15, 0.2) is 24.5 Å². The standard InChI is InChI=1S/C14H11F5N2/c1-20-8(6-7-2-4-21-5-3-7)9-10(15)12(17)14(19)13(18)11(9)16/h2-5,8,20H,6H2,1H3. The molecule has 0 spiro atoms. The Balaban J connectivity index is 2.48. The Morgan fingerprint density at radius 1 is 0.905 bits per heavy atom. The van der Waals surface area contributed by atoms with E-state index in [0.717, 1.165) is 0 Å². The summed E-state index contributed by atoms with van der Waals surface area (Å²) in [6, 6.07) is 2.13. The van der Waals surface area contributed by atoms with E-state index >= 15 is 0 Å². The number of benzene rings is 1. The van der Waals surface area contributed by atoms with Crippen molar-refractivity contribution in [1.82, 2.24) is 10.3 Å². The van der Waals surface area contributed by atoms with Gasteiger partial charge in [-0.1, -0.05) is 0 Å². The summed E-state index contributed by atoms with van der Waals surface area (Å²) in [5.41, 5.74) is -0.223. The molecule has 2 rings (SSSR count). The zero-order valence-corrected chi connectivity index (χ0v) is 10.9. The van der Waals surface area contributed by atoms with E-state index in [9.17, 15) is 22.0 Å². The highest BCUT2D eigenvalue weighted by molar-refractivity contribution is 5.29. The van der Waals surface area contributed by atoms with Crippen molar-refractivity contribution < 1.29 is 22.0 Å². The molecule has 2 aromatic rings. The second kappa shape index (κ2) is 6.17. The number of halogens is 5. The van der Waals surface area contributed by atoms with E-state index in [0.29, 0.717) is 5.56 Å². The van der Waals surface area contributed by atoms with Crippen LogP contribution in [-0.4, -0.2) is 12.0 Å². The van der Waals surface area contributed by atoms with Gasteiger partial charge < -0.3 is 5.32 Å². The van der Waals surface area contributed by atoms with Crippen molar-refractivity contribution in [3.05, 3.63) is 64.7 Å². The zero-order valence-electron chi connectivity index (χ0n) is 10.9. The average molecular weight is 302 g/mol. The lowest BCUT2D eigenvalue weighted by molar-refractivity contribution is 0.358. The lowest BCUT2D eigenvalue weighted by atomic mass is 9.98. The summed E-state index contributed by atoms with van der Waals surface area (Å²) in [7, 11) is 1.38. The molecule has 0 aliphatic carbocycles. The van der Waals surface area contributed by atoms with Crippen LogP contribution < -0.4 is 5.32 Å². The number of pyridine rings is 1. The van der Waals surface area contributed by atoms with E-state index in [1.165, 1.54) is 19.4 Å². The maximum Gasteiger partial charge on any atom is 0.200 e. The molecule has 0 saturated heterocycles. The van der Waals surface area contributed by atoms with Crippen LogP contribution in [0, 0.1) is 29.1 Å². The van der Waals surface area contributed by atoms with Crippen LogP contribution in [-0.2, 0) is 6.42 Å². The van der Waals surface area contributed by atoms with Crippen LogP contribution in [0.2, 0.25) is 0 Å². The van der Waals surface area contributed by atoms with Crippen molar-refractivity contribution in [2.45, 2.75) is 12.5 Å². The largest absolute Gasteiger partial charge is 0.313 e. The number of aromatic nitrogens is 1. The molecular formula is C14H11F5N2. The van der Waals surface area contributed by atoms with Crippen molar-refractivity contribution in [2.75, 3.05) is 7.05 Å². The minimum absolute atomic E-state index is 0.0529. The van der Waals surface area contributed by atoms with E-state index in [1.807, 2.05) is 0 Å². The molecule has 1 unspecified atom stereocenters. The minimum atomic E-state index is -2.16. The van der Waals surface area contributed by atoms with Crippen LogP contribution in [0.25, 0.3) is 0 Å². The maximum atomic E-state index is 13.8. The fourth-order valence-corrected chi connectivity index (χ4v) is 2.03. The van der Waals surface area contributed by atoms with Gasteiger partial charge in [0.2, 0.25) is 5.82 Å². The van der Waals surface area contributed by atoms with Gasteiger partial charge in [0.05, 0.1) is 0 Å². The van der Waals surface area contributed by atoms with Crippen molar-refractivity contribution in [3.8, 4) is 0 Å². The van der Waals surface area contributed by atoms with Crippen LogP contribution in [0.1, 0.15) is 17.2 Å². The van der Waals surface area contributed by atoms with Gasteiger partial charge in [0, 0.05) is 24.0 Å². The Morgan fingerprint density at radius 3 is 1.86 bits per heavy atom. The minimum Gasteiger partial charge on any atom is -0.313 e. The topological polar surface area (TPSA) is 24.9 Å². The maximum absolute atomic E-state index is 13.8. The summed E-state index contributed by atoms with van der Waals surface area (Å²) in [6.45, 7) is 0. The van der Waals surface area contributed by atoms with E-state index in [-0.39, 0.29) is 6.42 Å². The van der Waals surface area contributed by atoms with E-state index in [1.54, 1.807) is 12.1 Å². The number of likely N-dealkylation sites (N-methyl/N-ethyl adjacent to an activating group) is 1. The van der Waals surface area contributed by atoms with Gasteiger partial charge in [0.25, 0.3) is 0 Å². The van der Waals surface area contributed by atoms with Gasteiger partial charge in [0.15, 0.2) is 23.3 Å². The molecule has 1 atom stereocenters. The van der Waals surface area contributed by atoms with Gasteiger partial charge in [-0.2, -0.15) is 0 Å². The molecule has 21 heavy (non-hydrogen) atoms. The predicted molar refractivity (Wildman–Crippen MR) is 66.0 cm³/mol. The first-order chi connectivity index (χ1) is 9.97. The molecule has 1 N–H and O–H groups in total. The van der Waals surface area contributed by atoms with Crippen LogP contribution >= 0.6 is 0 Å². The van der Waals surface area contributed by atoms with Gasteiger partial charge in [-0.15, -0.1) is 0 Å². The summed E-state index contributed by atoms with van der Waals surface area (Å²) in [5, 5.41) is 2.57. The van der Waals surface area contributed by atoms with Crippen molar-refractivity contribution >= 4 is 0 Å². The van der Waals surface area contributed by atoms with Gasteiger partial charge >= 0.3 is 0 Å². The molecule has 0 saturated carbocycles. The Bertz CT molecular complexity index is 617. The van der Waals surface area contributed by atoms with E-state index in [4.69, 9.17) is 0 Å². The summed E-state index contributed by atoms with van der Waals surface area (Å²) in [6.07, 6.45) is 3.00. The third-order valence-electron chi connectivity index (χ3n) is 3.13. The van der Waals surface area contributed by atoms with Gasteiger partial charge in [-0.05, 0) is 31.2 Å². The average Bonchev–Trinajstić information content (AvgIpc) is 2.51. The highest BCUT2D eigenvalue weighted by Gasteiger charge is 2.29. The summed E-state index contributed by atoms with van der Waals surface area (Å²) in [5.74, 6) is -9.69. The Hall–Kier alpha value is -2.02. The summed E-state index contributed by atoms with van der Waals surface area (Å²) >= 11 is 0. The first kappa shape index (κ1) is 15.4. The Labute approximate surface area is 117 Å². The molecule has 112 valence electrons. The lowest BCUT2D eigenvalue weighted by Crippen LogP contribution is -2.23. The molecule has 0 amide bonds. The number of hydrogen-bond acceptors (Lipinski definition) is 2. The molecule has 2 nitrogen and oxygen atoms in total. The van der Waals surface area contributed by atoms with Crippen molar-refractivity contribution in [3.63, 3.8) is 0 Å². The highest BCUT2D eigenvalue weighted by atomic mass is 19.2. The first-order valence-electron chi connectivity index (χ1n) is 6.04. The van der Waals surface area contributed by atoms with Gasteiger partial charge in [0.1, 0.15) is 0 Å². The number of rotatable bonds is 4. The van der Waals surface area contributed by atoms with Gasteiger partial charge in [-0.25, -0.2) is 22.0 Å². The fraction of sp³-hybridized carbons (Fsp3) is 0.214. The molecule has 0 aliphatic heterocycles. The molecule has 1 aromatic heterocycles. The van der Waals surface area contributed by atoms with Crippen LogP contribution in [0.4, 0.5) is 22.0 Å². The third kappa shape index (κ3) is 2.87. The number of nitrogens with one attached hydrogen (secondary N) is 1. The second-order valence-corrected chi connectivity index (χ2v) is 4.38. The Kier molecular flexibility index (Phi) is 4.52. The second-order valence-electron chi connectivity index (χ2n) is 4.38. The highest BCUT2D eigenvalue weighted by Crippen LogP contribution is 2.29. The first-order valence-corrected chi connectivity index (χ1v) is 6.04. The SMILES string of the molecule is CNC(Cc1ccncc1)c1c(F)c(F)c(F)c(F)c1F. The normalized spacial score (nSPS) is 12.5. The monoisotopic (exact) mass is 302 g/mol. The Morgan fingerprint density at radius 2 is 1.38 bits per heavy atom. The molecule has 7 heteroatoms. The molecule has 0 bridgehead atoms. The van der Waals surface area contributed by atoms with E-state index < -0.39 is 40.7 Å². The number of nitrogens with zero attached hydrogens (tertiary/aromatic N) is 1. The van der Waals surface area contributed by atoms with Crippen molar-refractivity contribution in [2.24, 2.45) is 0 Å². The zero-order chi connectivity index (χ0) is 15.6. The smallest absolute Gasteiger partial charge is 0.200 e. The molecular weight excluding hydrogens is 291 g/mol. The molecule has 1 heterocycles.